The van der Waals surface area contributed by atoms with Crippen LogP contribution in [-0.4, -0.2) is 12.6 Å². The van der Waals surface area contributed by atoms with E-state index in [0.717, 1.165) is 24.8 Å². The van der Waals surface area contributed by atoms with Gasteiger partial charge in [-0.2, -0.15) is 5.26 Å². The second-order valence-electron chi connectivity index (χ2n) is 4.01. The third-order valence-corrected chi connectivity index (χ3v) is 2.72. The highest BCUT2D eigenvalue weighted by atomic mass is 16.5. The third-order valence-electron chi connectivity index (χ3n) is 2.72. The molecule has 3 heteroatoms. The molecule has 0 aromatic carbocycles. The van der Waals surface area contributed by atoms with Crippen LogP contribution in [0.3, 0.4) is 0 Å². The van der Waals surface area contributed by atoms with Crippen LogP contribution in [0.15, 0.2) is 11.1 Å². The lowest BCUT2D eigenvalue weighted by Crippen LogP contribution is -2.13. The second kappa shape index (κ2) is 5.55. The Morgan fingerprint density at radius 2 is 2.40 bits per heavy atom. The molecule has 1 rings (SSSR count). The van der Waals surface area contributed by atoms with Gasteiger partial charge in [-0.15, -0.1) is 0 Å². The Morgan fingerprint density at radius 1 is 1.67 bits per heavy atom. The number of carbonyl (C=O) groups excluding carboxylic acids is 1. The second-order valence-corrected chi connectivity index (χ2v) is 4.01. The van der Waals surface area contributed by atoms with Crippen LogP contribution >= 0.6 is 0 Å². The summed E-state index contributed by atoms with van der Waals surface area (Å²) in [5, 5.41) is 8.95. The molecule has 3 nitrogen and oxygen atoms in total. The summed E-state index contributed by atoms with van der Waals surface area (Å²) in [5.74, 6) is 0.121. The summed E-state index contributed by atoms with van der Waals surface area (Å²) in [7, 11) is 0. The zero-order chi connectivity index (χ0) is 11.3. The maximum atomic E-state index is 11.5. The first-order valence-electron chi connectivity index (χ1n) is 5.48. The van der Waals surface area contributed by atoms with Crippen molar-refractivity contribution in [1.29, 1.82) is 5.26 Å². The SMILES string of the molecule is CCOC(=O)/C(C#N)=C1\CCC[C@H](C)C1. The van der Waals surface area contributed by atoms with E-state index in [0.29, 0.717) is 12.5 Å². The van der Waals surface area contributed by atoms with Crippen molar-refractivity contribution in [3.63, 3.8) is 0 Å². The Hall–Kier alpha value is -1.30. The van der Waals surface area contributed by atoms with Crippen LogP contribution in [0.2, 0.25) is 0 Å². The van der Waals surface area contributed by atoms with Crippen LogP contribution in [0.1, 0.15) is 39.5 Å². The molecule has 0 aromatic rings. The van der Waals surface area contributed by atoms with E-state index in [1.807, 2.05) is 6.07 Å². The van der Waals surface area contributed by atoms with Gasteiger partial charge < -0.3 is 4.74 Å². The van der Waals surface area contributed by atoms with Gasteiger partial charge >= 0.3 is 5.97 Å². The van der Waals surface area contributed by atoms with Gasteiger partial charge in [-0.1, -0.05) is 13.3 Å². The van der Waals surface area contributed by atoms with Gasteiger partial charge in [0.15, 0.2) is 0 Å². The zero-order valence-corrected chi connectivity index (χ0v) is 9.38. The smallest absolute Gasteiger partial charge is 0.348 e. The first-order chi connectivity index (χ1) is 7.19. The van der Waals surface area contributed by atoms with Crippen molar-refractivity contribution in [3.8, 4) is 6.07 Å². The Balaban J connectivity index is 2.83. The number of rotatable bonds is 2. The molecule has 0 heterocycles. The molecule has 0 unspecified atom stereocenters. The highest BCUT2D eigenvalue weighted by molar-refractivity contribution is 5.93. The van der Waals surface area contributed by atoms with Crippen LogP contribution < -0.4 is 0 Å². The standard InChI is InChI=1S/C12H17NO2/c1-3-15-12(14)11(8-13)10-6-4-5-9(2)7-10/h9H,3-7H2,1-2H3/b11-10+/t9-/m0/s1. The number of allylic oxidation sites excluding steroid dienone is 1. The van der Waals surface area contributed by atoms with Gasteiger partial charge in [0.2, 0.25) is 0 Å². The average Bonchev–Trinajstić information content (AvgIpc) is 2.19. The Kier molecular flexibility index (Phi) is 4.36. The minimum absolute atomic E-state index is 0.239. The molecule has 1 atom stereocenters. The first-order valence-corrected chi connectivity index (χ1v) is 5.48. The van der Waals surface area contributed by atoms with Gasteiger partial charge in [0.05, 0.1) is 6.61 Å². The average molecular weight is 207 g/mol. The lowest BCUT2D eigenvalue weighted by Gasteiger charge is -2.21. The Bertz CT molecular complexity index is 312. The molecule has 1 fully saturated rings. The number of esters is 1. The lowest BCUT2D eigenvalue weighted by atomic mass is 9.84. The maximum absolute atomic E-state index is 11.5. The van der Waals surface area contributed by atoms with Crippen molar-refractivity contribution >= 4 is 5.97 Å². The van der Waals surface area contributed by atoms with Crippen LogP contribution in [0.5, 0.6) is 0 Å². The van der Waals surface area contributed by atoms with E-state index in [9.17, 15) is 4.79 Å². The molecule has 0 amide bonds. The molecule has 1 aliphatic carbocycles. The summed E-state index contributed by atoms with van der Waals surface area (Å²) in [4.78, 5) is 11.5. The number of nitriles is 1. The minimum Gasteiger partial charge on any atom is -0.462 e. The molecule has 0 aromatic heterocycles. The molecule has 0 saturated heterocycles. The fourth-order valence-electron chi connectivity index (χ4n) is 1.99. The summed E-state index contributed by atoms with van der Waals surface area (Å²) in [6, 6.07) is 1.98. The lowest BCUT2D eigenvalue weighted by molar-refractivity contribution is -0.138. The van der Waals surface area contributed by atoms with Crippen LogP contribution in [0.25, 0.3) is 0 Å². The number of hydrogen-bond donors (Lipinski definition) is 0. The number of hydrogen-bond acceptors (Lipinski definition) is 3. The number of carbonyl (C=O) groups is 1. The summed E-state index contributed by atoms with van der Waals surface area (Å²) in [6.45, 7) is 4.23. The van der Waals surface area contributed by atoms with Gasteiger partial charge in [-0.25, -0.2) is 4.79 Å². The van der Waals surface area contributed by atoms with Crippen molar-refractivity contribution in [2.75, 3.05) is 6.61 Å². The quantitative estimate of drug-likeness (QED) is 0.397. The van der Waals surface area contributed by atoms with Gasteiger partial charge in [-0.05, 0) is 37.7 Å². The highest BCUT2D eigenvalue weighted by Crippen LogP contribution is 2.30. The van der Waals surface area contributed by atoms with E-state index in [1.54, 1.807) is 6.92 Å². The van der Waals surface area contributed by atoms with E-state index in [2.05, 4.69) is 6.92 Å². The van der Waals surface area contributed by atoms with Crippen molar-refractivity contribution in [2.45, 2.75) is 39.5 Å². The molecule has 0 bridgehead atoms. The normalized spacial score (nSPS) is 24.2. The van der Waals surface area contributed by atoms with E-state index in [-0.39, 0.29) is 5.57 Å². The van der Waals surface area contributed by atoms with E-state index >= 15 is 0 Å². The molecule has 0 N–H and O–H groups in total. The molecule has 0 radical (unpaired) electrons. The van der Waals surface area contributed by atoms with Gasteiger partial charge in [0.25, 0.3) is 0 Å². The van der Waals surface area contributed by atoms with Crippen molar-refractivity contribution < 1.29 is 9.53 Å². The molecule has 0 spiro atoms. The van der Waals surface area contributed by atoms with Crippen molar-refractivity contribution in [3.05, 3.63) is 11.1 Å². The summed E-state index contributed by atoms with van der Waals surface area (Å²) in [6.07, 6.45) is 3.99. The molecule has 0 aliphatic heterocycles. The number of ether oxygens (including phenoxy) is 1. The molecule has 15 heavy (non-hydrogen) atoms. The highest BCUT2D eigenvalue weighted by Gasteiger charge is 2.21. The van der Waals surface area contributed by atoms with Crippen LogP contribution in [-0.2, 0) is 9.53 Å². The van der Waals surface area contributed by atoms with E-state index < -0.39 is 5.97 Å². The Labute approximate surface area is 90.7 Å². The largest absolute Gasteiger partial charge is 0.462 e. The maximum Gasteiger partial charge on any atom is 0.348 e. The fourth-order valence-corrected chi connectivity index (χ4v) is 1.99. The van der Waals surface area contributed by atoms with E-state index in [1.165, 1.54) is 6.42 Å². The third kappa shape index (κ3) is 3.09. The summed E-state index contributed by atoms with van der Waals surface area (Å²) in [5.41, 5.74) is 1.22. The van der Waals surface area contributed by atoms with Crippen LogP contribution in [0.4, 0.5) is 0 Å². The summed E-state index contributed by atoms with van der Waals surface area (Å²) >= 11 is 0. The summed E-state index contributed by atoms with van der Waals surface area (Å²) < 4.78 is 4.86. The molecule has 1 saturated carbocycles. The zero-order valence-electron chi connectivity index (χ0n) is 9.38. The van der Waals surface area contributed by atoms with Crippen molar-refractivity contribution in [2.24, 2.45) is 5.92 Å². The topological polar surface area (TPSA) is 50.1 Å². The van der Waals surface area contributed by atoms with E-state index in [4.69, 9.17) is 10.00 Å². The molecular formula is C12H17NO2. The van der Waals surface area contributed by atoms with Gasteiger partial charge in [0, 0.05) is 0 Å². The molecule has 1 aliphatic rings. The monoisotopic (exact) mass is 207 g/mol. The first kappa shape index (κ1) is 11.8. The van der Waals surface area contributed by atoms with Gasteiger partial charge in [-0.3, -0.25) is 0 Å². The molecule has 82 valence electrons. The van der Waals surface area contributed by atoms with Gasteiger partial charge in [0.1, 0.15) is 11.6 Å². The predicted molar refractivity (Wildman–Crippen MR) is 56.9 cm³/mol. The van der Waals surface area contributed by atoms with Crippen molar-refractivity contribution in [1.82, 2.24) is 0 Å². The predicted octanol–water partition coefficient (Wildman–Crippen LogP) is 2.58. The van der Waals surface area contributed by atoms with Crippen LogP contribution in [0, 0.1) is 17.2 Å². The Morgan fingerprint density at radius 3 is 2.93 bits per heavy atom. The molecular weight excluding hydrogens is 190 g/mol. The fraction of sp³-hybridized carbons (Fsp3) is 0.667. The minimum atomic E-state index is -0.455. The number of nitrogens with zero attached hydrogens (tertiary/aromatic N) is 1.